The van der Waals surface area contributed by atoms with Gasteiger partial charge in [-0.1, -0.05) is 12.1 Å². The molecule has 4 N–H and O–H groups in total. The Hall–Kier alpha value is -3.34. The molecule has 4 aromatic rings. The van der Waals surface area contributed by atoms with Gasteiger partial charge in [0.05, 0.1) is 5.69 Å². The summed E-state index contributed by atoms with van der Waals surface area (Å²) >= 11 is 0. The number of hydrogen-bond acceptors (Lipinski definition) is 4. The number of nitrogen functional groups attached to an aromatic ring is 1. The highest BCUT2D eigenvalue weighted by Gasteiger charge is 2.09. The SMILES string of the molecule is Nc1nccc(-c2cc(O)cc(-c3cccc4[nH]ccc34)c2)n1. The van der Waals surface area contributed by atoms with Gasteiger partial charge in [-0.05, 0) is 47.5 Å². The molecule has 0 amide bonds. The third-order valence-corrected chi connectivity index (χ3v) is 3.79. The number of nitrogens with two attached hydrogens (primary N) is 1. The van der Waals surface area contributed by atoms with Gasteiger partial charge in [-0.2, -0.15) is 0 Å². The van der Waals surface area contributed by atoms with Crippen LogP contribution in [0.1, 0.15) is 0 Å². The zero-order valence-electron chi connectivity index (χ0n) is 12.2. The van der Waals surface area contributed by atoms with E-state index in [1.807, 2.05) is 36.5 Å². The van der Waals surface area contributed by atoms with E-state index in [0.29, 0.717) is 5.69 Å². The highest BCUT2D eigenvalue weighted by molar-refractivity contribution is 5.96. The lowest BCUT2D eigenvalue weighted by atomic mass is 9.98. The van der Waals surface area contributed by atoms with Gasteiger partial charge >= 0.3 is 0 Å². The largest absolute Gasteiger partial charge is 0.508 e. The summed E-state index contributed by atoms with van der Waals surface area (Å²) < 4.78 is 0. The van der Waals surface area contributed by atoms with Gasteiger partial charge < -0.3 is 15.8 Å². The summed E-state index contributed by atoms with van der Waals surface area (Å²) in [6.07, 6.45) is 3.51. The maximum absolute atomic E-state index is 10.1. The van der Waals surface area contributed by atoms with Crippen LogP contribution in [0.5, 0.6) is 5.75 Å². The van der Waals surface area contributed by atoms with Crippen molar-refractivity contribution >= 4 is 16.9 Å². The molecule has 0 aliphatic carbocycles. The van der Waals surface area contributed by atoms with Crippen LogP contribution in [0.4, 0.5) is 5.95 Å². The molecule has 0 radical (unpaired) electrons. The summed E-state index contributed by atoms with van der Waals surface area (Å²) in [6.45, 7) is 0. The first-order chi connectivity index (χ1) is 11.2. The molecule has 23 heavy (non-hydrogen) atoms. The number of fused-ring (bicyclic) bond motifs is 1. The van der Waals surface area contributed by atoms with Crippen LogP contribution in [0, 0.1) is 0 Å². The fourth-order valence-corrected chi connectivity index (χ4v) is 2.79. The summed E-state index contributed by atoms with van der Waals surface area (Å²) in [7, 11) is 0. The van der Waals surface area contributed by atoms with Gasteiger partial charge in [-0.15, -0.1) is 0 Å². The number of aromatic amines is 1. The maximum atomic E-state index is 10.1. The Morgan fingerprint density at radius 3 is 2.74 bits per heavy atom. The molecule has 0 fully saturated rings. The molecule has 112 valence electrons. The van der Waals surface area contributed by atoms with Gasteiger partial charge in [0.15, 0.2) is 0 Å². The Morgan fingerprint density at radius 1 is 1.00 bits per heavy atom. The summed E-state index contributed by atoms with van der Waals surface area (Å²) in [5, 5.41) is 11.2. The second-order valence-corrected chi connectivity index (χ2v) is 5.31. The molecule has 0 saturated carbocycles. The van der Waals surface area contributed by atoms with E-state index in [2.05, 4.69) is 15.0 Å². The molecule has 0 atom stereocenters. The Morgan fingerprint density at radius 2 is 1.87 bits per heavy atom. The number of anilines is 1. The zero-order chi connectivity index (χ0) is 15.8. The molecular formula is C18H14N4O. The highest BCUT2D eigenvalue weighted by atomic mass is 16.3. The molecule has 5 heteroatoms. The predicted octanol–water partition coefficient (Wildman–Crippen LogP) is 3.58. The Balaban J connectivity index is 1.92. The first-order valence-corrected chi connectivity index (χ1v) is 7.20. The minimum Gasteiger partial charge on any atom is -0.508 e. The van der Waals surface area contributed by atoms with Crippen molar-refractivity contribution in [3.05, 3.63) is 60.9 Å². The lowest BCUT2D eigenvalue weighted by Crippen LogP contribution is -1.95. The molecule has 0 spiro atoms. The fraction of sp³-hybridized carbons (Fsp3) is 0. The molecule has 0 unspecified atom stereocenters. The molecule has 0 bridgehead atoms. The summed E-state index contributed by atoms with van der Waals surface area (Å²) in [5.74, 6) is 0.391. The lowest BCUT2D eigenvalue weighted by molar-refractivity contribution is 0.476. The third kappa shape index (κ3) is 2.38. The van der Waals surface area contributed by atoms with Crippen LogP contribution < -0.4 is 5.73 Å². The Bertz CT molecular complexity index is 1010. The highest BCUT2D eigenvalue weighted by Crippen LogP contribution is 2.33. The normalized spacial score (nSPS) is 11.0. The van der Waals surface area contributed by atoms with Crippen molar-refractivity contribution in [2.24, 2.45) is 0 Å². The number of nitrogens with one attached hydrogen (secondary N) is 1. The predicted molar refractivity (Wildman–Crippen MR) is 90.8 cm³/mol. The average Bonchev–Trinajstić information content (AvgIpc) is 3.03. The van der Waals surface area contributed by atoms with Crippen molar-refractivity contribution in [3.8, 4) is 28.1 Å². The minimum atomic E-state index is 0.183. The van der Waals surface area contributed by atoms with Crippen molar-refractivity contribution in [1.29, 1.82) is 0 Å². The van der Waals surface area contributed by atoms with E-state index in [1.165, 1.54) is 0 Å². The zero-order valence-corrected chi connectivity index (χ0v) is 12.2. The van der Waals surface area contributed by atoms with E-state index in [-0.39, 0.29) is 11.7 Å². The molecule has 0 aliphatic rings. The van der Waals surface area contributed by atoms with E-state index < -0.39 is 0 Å². The second-order valence-electron chi connectivity index (χ2n) is 5.31. The second kappa shape index (κ2) is 5.14. The summed E-state index contributed by atoms with van der Waals surface area (Å²) in [4.78, 5) is 11.3. The number of phenolic OH excluding ortho intramolecular Hbond substituents is 1. The van der Waals surface area contributed by atoms with Crippen LogP contribution in [0.25, 0.3) is 33.3 Å². The number of H-pyrrole nitrogens is 1. The third-order valence-electron chi connectivity index (χ3n) is 3.79. The minimum absolute atomic E-state index is 0.183. The van der Waals surface area contributed by atoms with Crippen LogP contribution in [0.3, 0.4) is 0 Å². The topological polar surface area (TPSA) is 87.8 Å². The molecule has 0 aliphatic heterocycles. The van der Waals surface area contributed by atoms with E-state index in [4.69, 9.17) is 5.73 Å². The van der Waals surface area contributed by atoms with Crippen LogP contribution in [0.2, 0.25) is 0 Å². The quantitative estimate of drug-likeness (QED) is 0.528. The molecule has 0 saturated heterocycles. The number of hydrogen-bond donors (Lipinski definition) is 3. The Kier molecular flexibility index (Phi) is 2.98. The van der Waals surface area contributed by atoms with Crippen molar-refractivity contribution in [2.45, 2.75) is 0 Å². The average molecular weight is 302 g/mol. The van der Waals surface area contributed by atoms with Crippen LogP contribution in [0.15, 0.2) is 60.9 Å². The van der Waals surface area contributed by atoms with Gasteiger partial charge in [0.1, 0.15) is 5.75 Å². The number of aromatic nitrogens is 3. The smallest absolute Gasteiger partial charge is 0.220 e. The van der Waals surface area contributed by atoms with Gasteiger partial charge in [-0.25, -0.2) is 9.97 Å². The number of nitrogens with zero attached hydrogens (tertiary/aromatic N) is 2. The molecule has 2 aromatic heterocycles. The molecular weight excluding hydrogens is 288 g/mol. The van der Waals surface area contributed by atoms with E-state index >= 15 is 0 Å². The monoisotopic (exact) mass is 302 g/mol. The molecule has 2 heterocycles. The van der Waals surface area contributed by atoms with Crippen molar-refractivity contribution in [1.82, 2.24) is 15.0 Å². The van der Waals surface area contributed by atoms with E-state index in [1.54, 1.807) is 24.4 Å². The van der Waals surface area contributed by atoms with E-state index in [0.717, 1.165) is 27.6 Å². The van der Waals surface area contributed by atoms with Crippen molar-refractivity contribution in [3.63, 3.8) is 0 Å². The first kappa shape index (κ1) is 13.3. The maximum Gasteiger partial charge on any atom is 0.220 e. The van der Waals surface area contributed by atoms with Gasteiger partial charge in [0, 0.05) is 28.9 Å². The van der Waals surface area contributed by atoms with E-state index in [9.17, 15) is 5.11 Å². The standard InChI is InChI=1S/C18H14N4O/c19-18-21-7-5-16(22-18)12-8-11(9-13(23)10-12)14-2-1-3-17-15(14)4-6-20-17/h1-10,20,23H,(H2,19,21,22). The number of benzene rings is 2. The van der Waals surface area contributed by atoms with Crippen molar-refractivity contribution in [2.75, 3.05) is 5.73 Å². The van der Waals surface area contributed by atoms with Gasteiger partial charge in [-0.3, -0.25) is 0 Å². The number of phenols is 1. The fourth-order valence-electron chi connectivity index (χ4n) is 2.79. The molecule has 5 nitrogen and oxygen atoms in total. The Labute approximate surface area is 132 Å². The van der Waals surface area contributed by atoms with Gasteiger partial charge in [0.2, 0.25) is 5.95 Å². The van der Waals surface area contributed by atoms with Crippen LogP contribution in [-0.4, -0.2) is 20.1 Å². The van der Waals surface area contributed by atoms with Crippen molar-refractivity contribution < 1.29 is 5.11 Å². The number of aromatic hydroxyl groups is 1. The number of rotatable bonds is 2. The van der Waals surface area contributed by atoms with Crippen LogP contribution >= 0.6 is 0 Å². The van der Waals surface area contributed by atoms with Gasteiger partial charge in [0.25, 0.3) is 0 Å². The lowest BCUT2D eigenvalue weighted by Gasteiger charge is -2.08. The molecule has 4 rings (SSSR count). The van der Waals surface area contributed by atoms with Crippen LogP contribution in [-0.2, 0) is 0 Å². The summed E-state index contributed by atoms with van der Waals surface area (Å²) in [5.41, 5.74) is 10.1. The summed E-state index contributed by atoms with van der Waals surface area (Å²) in [6, 6.07) is 15.2. The molecule has 2 aromatic carbocycles. The first-order valence-electron chi connectivity index (χ1n) is 7.20.